The normalized spacial score (nSPS) is 10.4. The second-order valence-corrected chi connectivity index (χ2v) is 4.65. The molecule has 0 aliphatic heterocycles. The van der Waals surface area contributed by atoms with Crippen LogP contribution in [0.4, 0.5) is 0 Å². The first kappa shape index (κ1) is 12.9. The number of hydrogen-bond acceptors (Lipinski definition) is 2. The molecule has 0 fully saturated rings. The molecule has 0 unspecified atom stereocenters. The molecule has 0 aliphatic rings. The first-order valence-corrected chi connectivity index (χ1v) is 6.23. The molecule has 0 heterocycles. The molecule has 0 atom stereocenters. The van der Waals surface area contributed by atoms with Crippen molar-refractivity contribution in [2.75, 3.05) is 0 Å². The Hall–Kier alpha value is -1.51. The number of hydrogen-bond donors (Lipinski definition) is 1. The van der Waals surface area contributed by atoms with E-state index in [9.17, 15) is 0 Å². The van der Waals surface area contributed by atoms with Gasteiger partial charge < -0.3 is 10.5 Å². The summed E-state index contributed by atoms with van der Waals surface area (Å²) in [7, 11) is 0. The summed E-state index contributed by atoms with van der Waals surface area (Å²) >= 11 is 5.92. The minimum Gasteiger partial charge on any atom is -0.489 e. The first-order valence-electron chi connectivity index (χ1n) is 5.86. The third-order valence-corrected chi connectivity index (χ3v) is 3.06. The van der Waals surface area contributed by atoms with Gasteiger partial charge in [-0.1, -0.05) is 29.8 Å². The third kappa shape index (κ3) is 3.25. The van der Waals surface area contributed by atoms with Crippen molar-refractivity contribution in [2.24, 2.45) is 5.73 Å². The predicted molar refractivity (Wildman–Crippen MR) is 74.9 cm³/mol. The van der Waals surface area contributed by atoms with Crippen molar-refractivity contribution in [2.45, 2.75) is 20.1 Å². The molecule has 0 aliphatic carbocycles. The Morgan fingerprint density at radius 2 is 2.00 bits per heavy atom. The highest BCUT2D eigenvalue weighted by Gasteiger charge is 2.00. The van der Waals surface area contributed by atoms with Gasteiger partial charge in [0.05, 0.1) is 0 Å². The quantitative estimate of drug-likeness (QED) is 0.911. The van der Waals surface area contributed by atoms with E-state index in [1.165, 1.54) is 0 Å². The molecule has 0 amide bonds. The lowest BCUT2D eigenvalue weighted by Crippen LogP contribution is -2.00. The Kier molecular flexibility index (Phi) is 4.24. The fourth-order valence-corrected chi connectivity index (χ4v) is 1.99. The Morgan fingerprint density at radius 3 is 2.67 bits per heavy atom. The molecule has 0 radical (unpaired) electrons. The van der Waals surface area contributed by atoms with Gasteiger partial charge >= 0.3 is 0 Å². The summed E-state index contributed by atoms with van der Waals surface area (Å²) < 4.78 is 5.73. The van der Waals surface area contributed by atoms with E-state index in [4.69, 9.17) is 22.1 Å². The van der Waals surface area contributed by atoms with E-state index in [1.54, 1.807) is 0 Å². The topological polar surface area (TPSA) is 35.2 Å². The summed E-state index contributed by atoms with van der Waals surface area (Å²) in [5, 5.41) is 0.728. The second-order valence-electron chi connectivity index (χ2n) is 4.21. The summed E-state index contributed by atoms with van der Waals surface area (Å²) in [6.45, 7) is 3.11. The van der Waals surface area contributed by atoms with Gasteiger partial charge in [0.1, 0.15) is 12.4 Å². The number of benzene rings is 2. The van der Waals surface area contributed by atoms with Crippen LogP contribution >= 0.6 is 11.6 Å². The molecule has 2 rings (SSSR count). The number of aryl methyl sites for hydroxylation is 1. The fourth-order valence-electron chi connectivity index (χ4n) is 1.78. The molecule has 0 saturated heterocycles. The van der Waals surface area contributed by atoms with Crippen LogP contribution < -0.4 is 10.5 Å². The molecular formula is C15H16ClNO. The van der Waals surface area contributed by atoms with Crippen LogP contribution in [0.1, 0.15) is 16.7 Å². The van der Waals surface area contributed by atoms with Crippen molar-refractivity contribution < 1.29 is 4.74 Å². The lowest BCUT2D eigenvalue weighted by Gasteiger charge is -2.09. The zero-order valence-corrected chi connectivity index (χ0v) is 11.1. The minimum absolute atomic E-state index is 0.516. The largest absolute Gasteiger partial charge is 0.489 e. The fraction of sp³-hybridized carbons (Fsp3) is 0.200. The molecule has 0 spiro atoms. The van der Waals surface area contributed by atoms with Crippen molar-refractivity contribution in [1.29, 1.82) is 0 Å². The smallest absolute Gasteiger partial charge is 0.120 e. The highest BCUT2D eigenvalue weighted by Crippen LogP contribution is 2.19. The zero-order valence-electron chi connectivity index (χ0n) is 10.3. The molecular weight excluding hydrogens is 246 g/mol. The van der Waals surface area contributed by atoms with Crippen LogP contribution in [-0.4, -0.2) is 0 Å². The summed E-state index contributed by atoms with van der Waals surface area (Å²) in [6, 6.07) is 13.6. The van der Waals surface area contributed by atoms with Crippen LogP contribution in [0.3, 0.4) is 0 Å². The van der Waals surface area contributed by atoms with Crippen molar-refractivity contribution in [3.63, 3.8) is 0 Å². The molecule has 2 aromatic carbocycles. The van der Waals surface area contributed by atoms with Gasteiger partial charge in [-0.15, -0.1) is 0 Å². The Balaban J connectivity index is 2.04. The minimum atomic E-state index is 0.516. The van der Waals surface area contributed by atoms with E-state index in [2.05, 4.69) is 0 Å². The molecule has 0 saturated carbocycles. The van der Waals surface area contributed by atoms with Crippen LogP contribution in [0, 0.1) is 6.92 Å². The van der Waals surface area contributed by atoms with Crippen LogP contribution in [0.2, 0.25) is 5.02 Å². The number of nitrogens with two attached hydrogens (primary N) is 1. The van der Waals surface area contributed by atoms with Gasteiger partial charge in [-0.2, -0.15) is 0 Å². The van der Waals surface area contributed by atoms with Gasteiger partial charge in [-0.25, -0.2) is 0 Å². The lowest BCUT2D eigenvalue weighted by atomic mass is 10.1. The van der Waals surface area contributed by atoms with Crippen LogP contribution in [0.15, 0.2) is 42.5 Å². The van der Waals surface area contributed by atoms with Crippen LogP contribution in [-0.2, 0) is 13.2 Å². The summed E-state index contributed by atoms with van der Waals surface area (Å²) in [4.78, 5) is 0. The number of rotatable bonds is 4. The van der Waals surface area contributed by atoms with Gasteiger partial charge in [0, 0.05) is 11.6 Å². The SMILES string of the molecule is Cc1cc(OCc2cccc(Cl)c2)ccc1CN. The maximum atomic E-state index is 5.92. The summed E-state index contributed by atoms with van der Waals surface area (Å²) in [5.74, 6) is 0.852. The second kappa shape index (κ2) is 5.89. The molecule has 3 heteroatoms. The molecule has 2 nitrogen and oxygen atoms in total. The standard InChI is InChI=1S/C15H16ClNO/c1-11-7-15(6-5-13(11)9-17)18-10-12-3-2-4-14(16)8-12/h2-8H,9-10,17H2,1H3. The molecule has 0 aromatic heterocycles. The highest BCUT2D eigenvalue weighted by atomic mass is 35.5. The van der Waals surface area contributed by atoms with Gasteiger partial charge in [0.15, 0.2) is 0 Å². The maximum absolute atomic E-state index is 5.92. The van der Waals surface area contributed by atoms with Gasteiger partial charge in [-0.3, -0.25) is 0 Å². The Labute approximate surface area is 112 Å². The molecule has 94 valence electrons. The van der Waals surface area contributed by atoms with Crippen molar-refractivity contribution in [3.8, 4) is 5.75 Å². The average molecular weight is 262 g/mol. The Bertz CT molecular complexity index is 540. The summed E-state index contributed by atoms with van der Waals surface area (Å²) in [5.41, 5.74) is 8.98. The summed E-state index contributed by atoms with van der Waals surface area (Å²) in [6.07, 6.45) is 0. The van der Waals surface area contributed by atoms with Gasteiger partial charge in [-0.05, 0) is 47.9 Å². The lowest BCUT2D eigenvalue weighted by molar-refractivity contribution is 0.306. The highest BCUT2D eigenvalue weighted by molar-refractivity contribution is 6.30. The van der Waals surface area contributed by atoms with Crippen LogP contribution in [0.25, 0.3) is 0 Å². The van der Waals surface area contributed by atoms with E-state index in [-0.39, 0.29) is 0 Å². The average Bonchev–Trinajstić information content (AvgIpc) is 2.37. The zero-order chi connectivity index (χ0) is 13.0. The molecule has 18 heavy (non-hydrogen) atoms. The third-order valence-electron chi connectivity index (χ3n) is 2.83. The molecule has 2 N–H and O–H groups in total. The van der Waals surface area contributed by atoms with E-state index in [0.29, 0.717) is 13.2 Å². The Morgan fingerprint density at radius 1 is 1.17 bits per heavy atom. The van der Waals surface area contributed by atoms with E-state index in [0.717, 1.165) is 27.5 Å². The van der Waals surface area contributed by atoms with Gasteiger partial charge in [0.2, 0.25) is 0 Å². The van der Waals surface area contributed by atoms with Gasteiger partial charge in [0.25, 0.3) is 0 Å². The molecule has 0 bridgehead atoms. The number of halogens is 1. The van der Waals surface area contributed by atoms with E-state index < -0.39 is 0 Å². The van der Waals surface area contributed by atoms with Crippen molar-refractivity contribution in [1.82, 2.24) is 0 Å². The monoisotopic (exact) mass is 261 g/mol. The number of ether oxygens (including phenoxy) is 1. The maximum Gasteiger partial charge on any atom is 0.120 e. The van der Waals surface area contributed by atoms with E-state index >= 15 is 0 Å². The van der Waals surface area contributed by atoms with Crippen molar-refractivity contribution >= 4 is 11.6 Å². The molecule has 2 aromatic rings. The predicted octanol–water partition coefficient (Wildman–Crippen LogP) is 3.69. The van der Waals surface area contributed by atoms with Crippen molar-refractivity contribution in [3.05, 3.63) is 64.2 Å². The first-order chi connectivity index (χ1) is 8.69. The van der Waals surface area contributed by atoms with Crippen LogP contribution in [0.5, 0.6) is 5.75 Å². The van der Waals surface area contributed by atoms with E-state index in [1.807, 2.05) is 49.4 Å².